The summed E-state index contributed by atoms with van der Waals surface area (Å²) >= 11 is 5.96. The van der Waals surface area contributed by atoms with Gasteiger partial charge in [0.15, 0.2) is 0 Å². The number of rotatable bonds is 5. The first-order valence-corrected chi connectivity index (χ1v) is 7.23. The second-order valence-corrected chi connectivity index (χ2v) is 5.67. The molecule has 19 heavy (non-hydrogen) atoms. The average molecular weight is 272 g/mol. The molecule has 0 radical (unpaired) electrons. The third kappa shape index (κ3) is 3.37. The van der Waals surface area contributed by atoms with Crippen molar-refractivity contribution in [2.24, 2.45) is 5.92 Å². The van der Waals surface area contributed by atoms with E-state index in [1.165, 1.54) is 24.0 Å². The Labute approximate surface area is 119 Å². The largest absolute Gasteiger partial charge is 0.306 e. The average Bonchev–Trinajstić information content (AvgIpc) is 3.27. The van der Waals surface area contributed by atoms with Crippen molar-refractivity contribution in [3.05, 3.63) is 70.7 Å². The molecule has 1 atom stereocenters. The molecule has 0 aromatic heterocycles. The molecule has 2 aromatic rings. The van der Waals surface area contributed by atoms with Gasteiger partial charge in [-0.1, -0.05) is 54.1 Å². The lowest BCUT2D eigenvalue weighted by molar-refractivity contribution is 0.480. The molecule has 1 N–H and O–H groups in total. The van der Waals surface area contributed by atoms with E-state index in [2.05, 4.69) is 47.8 Å². The molecule has 1 fully saturated rings. The van der Waals surface area contributed by atoms with Crippen LogP contribution in [0.3, 0.4) is 0 Å². The minimum atomic E-state index is 0.456. The van der Waals surface area contributed by atoms with Crippen molar-refractivity contribution in [3.8, 4) is 0 Å². The lowest BCUT2D eigenvalue weighted by Gasteiger charge is -2.19. The molecule has 1 nitrogen and oxygen atoms in total. The molecule has 0 bridgehead atoms. The topological polar surface area (TPSA) is 12.0 Å². The zero-order valence-corrected chi connectivity index (χ0v) is 11.6. The maximum Gasteiger partial charge on any atom is 0.0406 e. The lowest BCUT2D eigenvalue weighted by atomic mass is 10.0. The Morgan fingerprint density at radius 2 is 1.68 bits per heavy atom. The summed E-state index contributed by atoms with van der Waals surface area (Å²) in [4.78, 5) is 0. The zero-order chi connectivity index (χ0) is 13.1. The van der Waals surface area contributed by atoms with Crippen LogP contribution in [0.2, 0.25) is 5.02 Å². The van der Waals surface area contributed by atoms with E-state index in [1.54, 1.807) is 0 Å². The van der Waals surface area contributed by atoms with Crippen molar-refractivity contribution in [2.45, 2.75) is 25.4 Å². The molecule has 0 spiro atoms. The minimum Gasteiger partial charge on any atom is -0.306 e. The Morgan fingerprint density at radius 3 is 2.32 bits per heavy atom. The quantitative estimate of drug-likeness (QED) is 0.839. The van der Waals surface area contributed by atoms with E-state index in [4.69, 9.17) is 11.6 Å². The highest BCUT2D eigenvalue weighted by Crippen LogP contribution is 2.41. The fourth-order valence-corrected chi connectivity index (χ4v) is 2.61. The summed E-state index contributed by atoms with van der Waals surface area (Å²) in [5, 5.41) is 4.50. The van der Waals surface area contributed by atoms with E-state index in [1.807, 2.05) is 12.1 Å². The van der Waals surface area contributed by atoms with Crippen LogP contribution < -0.4 is 5.32 Å². The van der Waals surface area contributed by atoms with Crippen LogP contribution >= 0.6 is 11.6 Å². The van der Waals surface area contributed by atoms with E-state index in [9.17, 15) is 0 Å². The lowest BCUT2D eigenvalue weighted by Crippen LogP contribution is -2.22. The second kappa shape index (κ2) is 5.77. The molecule has 2 heteroatoms. The van der Waals surface area contributed by atoms with Crippen molar-refractivity contribution in [2.75, 3.05) is 0 Å². The molecular weight excluding hydrogens is 254 g/mol. The maximum absolute atomic E-state index is 5.96. The normalized spacial score (nSPS) is 16.3. The van der Waals surface area contributed by atoms with Gasteiger partial charge in [-0.2, -0.15) is 0 Å². The SMILES string of the molecule is Clc1ccc(C(NCc2ccccc2)C2CC2)cc1. The van der Waals surface area contributed by atoms with Crippen LogP contribution in [0.5, 0.6) is 0 Å². The van der Waals surface area contributed by atoms with E-state index >= 15 is 0 Å². The highest BCUT2D eigenvalue weighted by Gasteiger charge is 2.31. The van der Waals surface area contributed by atoms with E-state index in [-0.39, 0.29) is 0 Å². The number of benzene rings is 2. The summed E-state index contributed by atoms with van der Waals surface area (Å²) in [6.45, 7) is 0.921. The first-order valence-electron chi connectivity index (χ1n) is 6.86. The minimum absolute atomic E-state index is 0.456. The first-order chi connectivity index (χ1) is 9.33. The maximum atomic E-state index is 5.96. The van der Waals surface area contributed by atoms with Crippen molar-refractivity contribution >= 4 is 11.6 Å². The Morgan fingerprint density at radius 1 is 1.00 bits per heavy atom. The van der Waals surface area contributed by atoms with Gasteiger partial charge in [-0.15, -0.1) is 0 Å². The van der Waals surface area contributed by atoms with Crippen LogP contribution in [0.25, 0.3) is 0 Å². The number of hydrogen-bond acceptors (Lipinski definition) is 1. The van der Waals surface area contributed by atoms with Gasteiger partial charge in [-0.05, 0) is 42.0 Å². The molecule has 0 amide bonds. The standard InChI is InChI=1S/C17H18ClN/c18-16-10-8-15(9-11-16)17(14-6-7-14)19-12-13-4-2-1-3-5-13/h1-5,8-11,14,17,19H,6-7,12H2. The predicted octanol–water partition coefficient (Wildman–Crippen LogP) is 4.58. The number of nitrogens with one attached hydrogen (secondary N) is 1. The highest BCUT2D eigenvalue weighted by atomic mass is 35.5. The zero-order valence-electron chi connectivity index (χ0n) is 10.9. The van der Waals surface area contributed by atoms with Crippen molar-refractivity contribution in [1.29, 1.82) is 0 Å². The molecule has 98 valence electrons. The van der Waals surface area contributed by atoms with Gasteiger partial charge in [0.25, 0.3) is 0 Å². The van der Waals surface area contributed by atoms with Gasteiger partial charge in [-0.3, -0.25) is 0 Å². The number of halogens is 1. The van der Waals surface area contributed by atoms with Crippen LogP contribution in [0.1, 0.15) is 30.0 Å². The Balaban J connectivity index is 1.69. The third-order valence-corrected chi connectivity index (χ3v) is 3.94. The van der Waals surface area contributed by atoms with Gasteiger partial charge in [0.2, 0.25) is 0 Å². The molecule has 1 aliphatic carbocycles. The summed E-state index contributed by atoms with van der Waals surface area (Å²) in [5.41, 5.74) is 2.69. The van der Waals surface area contributed by atoms with Crippen LogP contribution in [-0.2, 0) is 6.54 Å². The van der Waals surface area contributed by atoms with Crippen LogP contribution in [-0.4, -0.2) is 0 Å². The van der Waals surface area contributed by atoms with Crippen molar-refractivity contribution in [1.82, 2.24) is 5.32 Å². The summed E-state index contributed by atoms with van der Waals surface area (Å²) in [7, 11) is 0. The van der Waals surface area contributed by atoms with Gasteiger partial charge in [0.05, 0.1) is 0 Å². The van der Waals surface area contributed by atoms with Gasteiger partial charge in [0.1, 0.15) is 0 Å². The molecule has 0 aliphatic heterocycles. The van der Waals surface area contributed by atoms with Gasteiger partial charge in [0, 0.05) is 17.6 Å². The molecule has 2 aromatic carbocycles. The van der Waals surface area contributed by atoms with E-state index in [0.717, 1.165) is 17.5 Å². The highest BCUT2D eigenvalue weighted by molar-refractivity contribution is 6.30. The molecule has 1 saturated carbocycles. The predicted molar refractivity (Wildman–Crippen MR) is 80.2 cm³/mol. The summed E-state index contributed by atoms with van der Waals surface area (Å²) in [6.07, 6.45) is 2.66. The molecule has 1 aliphatic rings. The van der Waals surface area contributed by atoms with Gasteiger partial charge in [-0.25, -0.2) is 0 Å². The summed E-state index contributed by atoms with van der Waals surface area (Å²) in [6, 6.07) is 19.3. The fraction of sp³-hybridized carbons (Fsp3) is 0.294. The Bertz CT molecular complexity index is 517. The molecule has 1 unspecified atom stereocenters. The van der Waals surface area contributed by atoms with Gasteiger partial charge >= 0.3 is 0 Å². The Hall–Kier alpha value is -1.31. The van der Waals surface area contributed by atoms with Gasteiger partial charge < -0.3 is 5.32 Å². The first kappa shape index (κ1) is 12.7. The Kier molecular flexibility index (Phi) is 3.86. The van der Waals surface area contributed by atoms with E-state index < -0.39 is 0 Å². The fourth-order valence-electron chi connectivity index (χ4n) is 2.48. The van der Waals surface area contributed by atoms with Crippen molar-refractivity contribution < 1.29 is 0 Å². The number of hydrogen-bond donors (Lipinski definition) is 1. The molecule has 0 saturated heterocycles. The van der Waals surface area contributed by atoms with Crippen LogP contribution in [0, 0.1) is 5.92 Å². The molecule has 0 heterocycles. The van der Waals surface area contributed by atoms with Crippen LogP contribution in [0.4, 0.5) is 0 Å². The monoisotopic (exact) mass is 271 g/mol. The van der Waals surface area contributed by atoms with Crippen LogP contribution in [0.15, 0.2) is 54.6 Å². The summed E-state index contributed by atoms with van der Waals surface area (Å²) < 4.78 is 0. The van der Waals surface area contributed by atoms with E-state index in [0.29, 0.717) is 6.04 Å². The summed E-state index contributed by atoms with van der Waals surface area (Å²) in [5.74, 6) is 0.782. The van der Waals surface area contributed by atoms with Crippen molar-refractivity contribution in [3.63, 3.8) is 0 Å². The second-order valence-electron chi connectivity index (χ2n) is 5.23. The molecule has 3 rings (SSSR count). The molecular formula is C17H18ClN. The third-order valence-electron chi connectivity index (χ3n) is 3.69. The smallest absolute Gasteiger partial charge is 0.0406 e.